The minimum absolute atomic E-state index is 0.0994. The Labute approximate surface area is 128 Å². The van der Waals surface area contributed by atoms with Gasteiger partial charge >= 0.3 is 0 Å². The largest absolute Gasteiger partial charge is 0.341 e. The molecule has 1 aromatic carbocycles. The maximum Gasteiger partial charge on any atom is 0.253 e. The molecular weight excluding hydrogens is 321 g/mol. The molecule has 1 aliphatic heterocycles. The standard InChI is InChI=1S/C10H9BrFNO.C6H12/c1-13-3-2-6-4-8(11)9(12)5-7(6)10(13)14;1-2-4-6-5-3-1/h4-5H,2-3H2,1H3;1-6H2. The van der Waals surface area contributed by atoms with Gasteiger partial charge in [0.1, 0.15) is 5.82 Å². The van der Waals surface area contributed by atoms with E-state index in [1.807, 2.05) is 0 Å². The van der Waals surface area contributed by atoms with Crippen LogP contribution in [-0.2, 0) is 6.42 Å². The highest BCUT2D eigenvalue weighted by Gasteiger charge is 2.22. The summed E-state index contributed by atoms with van der Waals surface area (Å²) in [6, 6.07) is 2.99. The molecule has 1 aliphatic carbocycles. The van der Waals surface area contributed by atoms with Crippen molar-refractivity contribution in [3.63, 3.8) is 0 Å². The first kappa shape index (κ1) is 15.5. The molecule has 20 heavy (non-hydrogen) atoms. The minimum atomic E-state index is -0.382. The maximum atomic E-state index is 13.2. The van der Waals surface area contributed by atoms with Crippen molar-refractivity contribution < 1.29 is 9.18 Å². The lowest BCUT2D eigenvalue weighted by molar-refractivity contribution is 0.0780. The quantitative estimate of drug-likeness (QED) is 0.677. The second-order valence-electron chi connectivity index (χ2n) is 5.52. The van der Waals surface area contributed by atoms with Crippen LogP contribution in [0.15, 0.2) is 16.6 Å². The van der Waals surface area contributed by atoms with E-state index in [0.717, 1.165) is 12.0 Å². The molecule has 0 unspecified atom stereocenters. The molecule has 0 aromatic heterocycles. The molecule has 0 N–H and O–H groups in total. The first-order chi connectivity index (χ1) is 9.59. The van der Waals surface area contributed by atoms with E-state index in [-0.39, 0.29) is 11.7 Å². The number of carbonyl (C=O) groups is 1. The molecule has 2 aliphatic rings. The third-order valence-corrected chi connectivity index (χ3v) is 4.55. The maximum absolute atomic E-state index is 13.2. The fraction of sp³-hybridized carbons (Fsp3) is 0.562. The van der Waals surface area contributed by atoms with Gasteiger partial charge in [0.25, 0.3) is 5.91 Å². The van der Waals surface area contributed by atoms with Gasteiger partial charge in [-0.3, -0.25) is 4.79 Å². The highest BCUT2D eigenvalue weighted by molar-refractivity contribution is 9.10. The molecular formula is C16H21BrFNO. The number of fused-ring (bicyclic) bond motifs is 1. The summed E-state index contributed by atoms with van der Waals surface area (Å²) in [6.07, 6.45) is 9.79. The zero-order valence-electron chi connectivity index (χ0n) is 11.9. The van der Waals surface area contributed by atoms with Gasteiger partial charge in [0.15, 0.2) is 0 Å². The van der Waals surface area contributed by atoms with E-state index in [1.165, 1.54) is 44.6 Å². The molecule has 0 saturated heterocycles. The molecule has 0 spiro atoms. The first-order valence-electron chi connectivity index (χ1n) is 7.33. The van der Waals surface area contributed by atoms with Crippen molar-refractivity contribution in [2.75, 3.05) is 13.6 Å². The summed E-state index contributed by atoms with van der Waals surface area (Å²) in [6.45, 7) is 0.698. The van der Waals surface area contributed by atoms with E-state index >= 15 is 0 Å². The van der Waals surface area contributed by atoms with Crippen LogP contribution in [0.1, 0.15) is 54.4 Å². The number of hydrogen-bond acceptors (Lipinski definition) is 1. The number of amides is 1. The molecule has 1 saturated carbocycles. The van der Waals surface area contributed by atoms with Gasteiger partial charge in [-0.25, -0.2) is 4.39 Å². The summed E-state index contributed by atoms with van der Waals surface area (Å²) in [5.41, 5.74) is 1.40. The fourth-order valence-electron chi connectivity index (χ4n) is 2.65. The van der Waals surface area contributed by atoms with Gasteiger partial charge in [-0.2, -0.15) is 0 Å². The predicted octanol–water partition coefficient (Wildman–Crippen LogP) is 4.56. The molecule has 0 radical (unpaired) electrons. The van der Waals surface area contributed by atoms with E-state index in [9.17, 15) is 9.18 Å². The Morgan fingerprint density at radius 3 is 2.20 bits per heavy atom. The van der Waals surface area contributed by atoms with E-state index in [2.05, 4.69) is 15.9 Å². The molecule has 110 valence electrons. The van der Waals surface area contributed by atoms with Crippen LogP contribution in [0.2, 0.25) is 0 Å². The Hall–Kier alpha value is -0.900. The average molecular weight is 342 g/mol. The summed E-state index contributed by atoms with van der Waals surface area (Å²) in [7, 11) is 1.73. The zero-order chi connectivity index (χ0) is 14.5. The lowest BCUT2D eigenvalue weighted by Crippen LogP contribution is -2.34. The van der Waals surface area contributed by atoms with Gasteiger partial charge in [-0.15, -0.1) is 0 Å². The Bertz CT molecular complexity index is 474. The summed E-state index contributed by atoms with van der Waals surface area (Å²) >= 11 is 3.11. The Morgan fingerprint density at radius 2 is 1.65 bits per heavy atom. The van der Waals surface area contributed by atoms with Gasteiger partial charge < -0.3 is 4.90 Å². The average Bonchev–Trinajstić information content (AvgIpc) is 2.48. The number of benzene rings is 1. The normalized spacial score (nSPS) is 18.1. The summed E-state index contributed by atoms with van der Waals surface area (Å²) in [5.74, 6) is -0.481. The number of likely N-dealkylation sites (N-methyl/N-ethyl adjacent to an activating group) is 1. The third kappa shape index (κ3) is 3.81. The van der Waals surface area contributed by atoms with Crippen molar-refractivity contribution in [3.8, 4) is 0 Å². The first-order valence-corrected chi connectivity index (χ1v) is 8.12. The molecule has 1 heterocycles. The molecule has 1 aromatic rings. The number of halogens is 2. The van der Waals surface area contributed by atoms with Crippen LogP contribution < -0.4 is 0 Å². The van der Waals surface area contributed by atoms with Crippen molar-refractivity contribution in [2.45, 2.75) is 44.9 Å². The topological polar surface area (TPSA) is 20.3 Å². The van der Waals surface area contributed by atoms with Gasteiger partial charge in [-0.05, 0) is 40.0 Å². The van der Waals surface area contributed by atoms with Crippen LogP contribution in [0, 0.1) is 5.82 Å². The monoisotopic (exact) mass is 341 g/mol. The fourth-order valence-corrected chi connectivity index (χ4v) is 3.04. The summed E-state index contributed by atoms with van der Waals surface area (Å²) in [4.78, 5) is 13.2. The lowest BCUT2D eigenvalue weighted by atomic mass is 9.99. The van der Waals surface area contributed by atoms with Crippen LogP contribution in [0.5, 0.6) is 0 Å². The number of hydrogen-bond donors (Lipinski definition) is 0. The highest BCUT2D eigenvalue weighted by Crippen LogP contribution is 2.25. The minimum Gasteiger partial charge on any atom is -0.341 e. The molecule has 1 fully saturated rings. The second kappa shape index (κ2) is 7.21. The zero-order valence-corrected chi connectivity index (χ0v) is 13.5. The number of rotatable bonds is 0. The van der Waals surface area contributed by atoms with Crippen LogP contribution in [0.4, 0.5) is 4.39 Å². The van der Waals surface area contributed by atoms with Gasteiger partial charge in [0.05, 0.1) is 4.47 Å². The van der Waals surface area contributed by atoms with Gasteiger partial charge in [0, 0.05) is 19.2 Å². The lowest BCUT2D eigenvalue weighted by Gasteiger charge is -2.24. The smallest absolute Gasteiger partial charge is 0.253 e. The molecule has 0 atom stereocenters. The van der Waals surface area contributed by atoms with Crippen LogP contribution in [0.3, 0.4) is 0 Å². The van der Waals surface area contributed by atoms with E-state index in [0.29, 0.717) is 16.6 Å². The van der Waals surface area contributed by atoms with Gasteiger partial charge in [0.2, 0.25) is 0 Å². The Kier molecular flexibility index (Phi) is 5.58. The van der Waals surface area contributed by atoms with Gasteiger partial charge in [-0.1, -0.05) is 38.5 Å². The number of nitrogens with zero attached hydrogens (tertiary/aromatic N) is 1. The second-order valence-corrected chi connectivity index (χ2v) is 6.38. The molecule has 4 heteroatoms. The van der Waals surface area contributed by atoms with Crippen molar-refractivity contribution in [2.24, 2.45) is 0 Å². The van der Waals surface area contributed by atoms with Crippen molar-refractivity contribution in [1.29, 1.82) is 0 Å². The van der Waals surface area contributed by atoms with Crippen LogP contribution >= 0.6 is 15.9 Å². The Balaban J connectivity index is 0.000000205. The Morgan fingerprint density at radius 1 is 1.10 bits per heavy atom. The van der Waals surface area contributed by atoms with E-state index in [1.54, 1.807) is 18.0 Å². The van der Waals surface area contributed by atoms with Crippen LogP contribution in [-0.4, -0.2) is 24.4 Å². The van der Waals surface area contributed by atoms with Crippen molar-refractivity contribution in [1.82, 2.24) is 4.90 Å². The third-order valence-electron chi connectivity index (χ3n) is 3.94. The SMILES string of the molecule is C1CCCCC1.CN1CCc2cc(Br)c(F)cc2C1=O. The van der Waals surface area contributed by atoms with Crippen molar-refractivity contribution in [3.05, 3.63) is 33.5 Å². The van der Waals surface area contributed by atoms with E-state index < -0.39 is 0 Å². The predicted molar refractivity (Wildman–Crippen MR) is 82.5 cm³/mol. The molecule has 2 nitrogen and oxygen atoms in total. The highest BCUT2D eigenvalue weighted by atomic mass is 79.9. The number of carbonyl (C=O) groups excluding carboxylic acids is 1. The summed E-state index contributed by atoms with van der Waals surface area (Å²) < 4.78 is 13.6. The van der Waals surface area contributed by atoms with E-state index in [4.69, 9.17) is 0 Å². The molecule has 3 rings (SSSR count). The van der Waals surface area contributed by atoms with Crippen molar-refractivity contribution >= 4 is 21.8 Å². The summed E-state index contributed by atoms with van der Waals surface area (Å²) in [5, 5.41) is 0. The molecule has 1 amide bonds. The van der Waals surface area contributed by atoms with Crippen LogP contribution in [0.25, 0.3) is 0 Å². The molecule has 0 bridgehead atoms.